The number of sulfonamides is 1. The maximum atomic E-state index is 12.8. The number of benzene rings is 1. The van der Waals surface area contributed by atoms with Crippen molar-refractivity contribution in [1.29, 1.82) is 0 Å². The van der Waals surface area contributed by atoms with Crippen LogP contribution in [0.4, 0.5) is 0 Å². The fraction of sp³-hybridized carbons (Fsp3) is 0.263. The molecule has 0 saturated heterocycles. The minimum atomic E-state index is -3.65. The summed E-state index contributed by atoms with van der Waals surface area (Å²) in [5.41, 5.74) is 4.94. The van der Waals surface area contributed by atoms with E-state index in [2.05, 4.69) is 21.0 Å². The van der Waals surface area contributed by atoms with Crippen molar-refractivity contribution in [3.05, 3.63) is 48.4 Å². The van der Waals surface area contributed by atoms with E-state index in [9.17, 15) is 18.0 Å². The van der Waals surface area contributed by atoms with E-state index in [4.69, 9.17) is 10.3 Å². The molecule has 2 heterocycles. The van der Waals surface area contributed by atoms with Gasteiger partial charge < -0.3 is 10.3 Å². The van der Waals surface area contributed by atoms with Crippen LogP contribution in [0, 0.1) is 0 Å². The topological polar surface area (TPSA) is 165 Å². The van der Waals surface area contributed by atoms with Crippen molar-refractivity contribution in [3.8, 4) is 11.4 Å². The first-order chi connectivity index (χ1) is 15.8. The molecule has 176 valence electrons. The van der Waals surface area contributed by atoms with E-state index in [0.717, 1.165) is 11.8 Å². The maximum Gasteiger partial charge on any atom is 0.305 e. The average Bonchev–Trinajstić information content (AvgIpc) is 3.47. The molecule has 2 amide bonds. The molecule has 4 N–H and O–H groups in total. The number of hydrogen-bond acceptors (Lipinski definition) is 9. The molecule has 3 rings (SSSR count). The van der Waals surface area contributed by atoms with Crippen LogP contribution >= 0.6 is 11.8 Å². The standard InChI is InChI=1S/C19H23N7O5S2/c1-3-25(4-2)33(29,30)14-8-5-7-13(11-14)17-22-24-19(26(17)20)32-12-16(27)21-23-18(28)15-9-6-10-31-15/h5-11H,3-4,12,20H2,1-2H3,(H,21,27)(H,23,28). The lowest BCUT2D eigenvalue weighted by atomic mass is 10.2. The van der Waals surface area contributed by atoms with Gasteiger partial charge in [-0.25, -0.2) is 13.1 Å². The number of carbonyl (C=O) groups excluding carboxylic acids is 2. The highest BCUT2D eigenvalue weighted by molar-refractivity contribution is 7.99. The number of rotatable bonds is 9. The first-order valence-electron chi connectivity index (χ1n) is 9.84. The Balaban J connectivity index is 1.66. The first kappa shape index (κ1) is 24.3. The smallest absolute Gasteiger partial charge is 0.305 e. The van der Waals surface area contributed by atoms with Gasteiger partial charge in [-0.15, -0.1) is 10.2 Å². The van der Waals surface area contributed by atoms with Crippen molar-refractivity contribution in [2.45, 2.75) is 23.9 Å². The van der Waals surface area contributed by atoms with E-state index >= 15 is 0 Å². The molecule has 3 aromatic rings. The van der Waals surface area contributed by atoms with Crippen molar-refractivity contribution in [1.82, 2.24) is 30.0 Å². The maximum absolute atomic E-state index is 12.8. The Hall–Kier alpha value is -3.36. The van der Waals surface area contributed by atoms with Gasteiger partial charge in [-0.1, -0.05) is 37.7 Å². The molecule has 0 atom stereocenters. The normalized spacial score (nSPS) is 11.5. The van der Waals surface area contributed by atoms with Crippen LogP contribution < -0.4 is 16.7 Å². The van der Waals surface area contributed by atoms with Crippen molar-refractivity contribution in [2.75, 3.05) is 24.7 Å². The van der Waals surface area contributed by atoms with Crippen LogP contribution in [-0.2, 0) is 14.8 Å². The second-order valence-corrected chi connectivity index (χ2v) is 9.44. The third-order valence-corrected chi connectivity index (χ3v) is 7.48. The van der Waals surface area contributed by atoms with Gasteiger partial charge in [-0.05, 0) is 24.3 Å². The molecule has 2 aromatic heterocycles. The number of aromatic nitrogens is 3. The molecule has 0 radical (unpaired) electrons. The molecule has 0 aliphatic rings. The number of thioether (sulfide) groups is 1. The molecule has 1 aromatic carbocycles. The Kier molecular flexibility index (Phi) is 7.73. The Labute approximate surface area is 194 Å². The second kappa shape index (κ2) is 10.5. The average molecular weight is 494 g/mol. The quantitative estimate of drug-likeness (QED) is 0.222. The second-order valence-electron chi connectivity index (χ2n) is 6.56. The van der Waals surface area contributed by atoms with E-state index in [-0.39, 0.29) is 27.4 Å². The van der Waals surface area contributed by atoms with Crippen LogP contribution in [0.5, 0.6) is 0 Å². The van der Waals surface area contributed by atoms with Gasteiger partial charge in [0.15, 0.2) is 11.6 Å². The van der Waals surface area contributed by atoms with Gasteiger partial charge in [-0.2, -0.15) is 4.31 Å². The number of nitrogens with two attached hydrogens (primary N) is 1. The molecule has 0 unspecified atom stereocenters. The summed E-state index contributed by atoms with van der Waals surface area (Å²) >= 11 is 0.993. The zero-order valence-corrected chi connectivity index (χ0v) is 19.5. The summed E-state index contributed by atoms with van der Waals surface area (Å²) < 4.78 is 33.0. The van der Waals surface area contributed by atoms with Gasteiger partial charge >= 0.3 is 5.91 Å². The summed E-state index contributed by atoms with van der Waals surface area (Å²) in [6.07, 6.45) is 1.34. The summed E-state index contributed by atoms with van der Waals surface area (Å²) in [4.78, 5) is 23.9. The van der Waals surface area contributed by atoms with Gasteiger partial charge in [0.25, 0.3) is 0 Å². The summed E-state index contributed by atoms with van der Waals surface area (Å²) in [6, 6.07) is 9.25. The molecule has 0 aliphatic carbocycles. The number of furan rings is 1. The molecule has 14 heteroatoms. The molecule has 33 heavy (non-hydrogen) atoms. The van der Waals surface area contributed by atoms with Crippen LogP contribution in [0.15, 0.2) is 57.1 Å². The Morgan fingerprint density at radius 2 is 1.91 bits per heavy atom. The van der Waals surface area contributed by atoms with Gasteiger partial charge in [0.05, 0.1) is 16.9 Å². The molecule has 0 bridgehead atoms. The monoisotopic (exact) mass is 493 g/mol. The Morgan fingerprint density at radius 1 is 1.15 bits per heavy atom. The Morgan fingerprint density at radius 3 is 2.58 bits per heavy atom. The lowest BCUT2D eigenvalue weighted by molar-refractivity contribution is -0.119. The van der Waals surface area contributed by atoms with Crippen LogP contribution in [-0.4, -0.2) is 58.3 Å². The van der Waals surface area contributed by atoms with Gasteiger partial charge in [0.2, 0.25) is 21.1 Å². The predicted octanol–water partition coefficient (Wildman–Crippen LogP) is 0.836. The Bertz CT molecular complexity index is 1220. The van der Waals surface area contributed by atoms with E-state index in [1.165, 1.54) is 33.4 Å². The van der Waals surface area contributed by atoms with E-state index < -0.39 is 21.8 Å². The third kappa shape index (κ3) is 5.53. The summed E-state index contributed by atoms with van der Waals surface area (Å²) in [6.45, 7) is 4.23. The summed E-state index contributed by atoms with van der Waals surface area (Å²) in [5.74, 6) is 5.16. The molecular weight excluding hydrogens is 470 g/mol. The lowest BCUT2D eigenvalue weighted by Crippen LogP contribution is -2.42. The first-order valence-corrected chi connectivity index (χ1v) is 12.3. The number of nitrogen functional groups attached to an aromatic ring is 1. The number of hydrazine groups is 1. The number of carbonyl (C=O) groups is 2. The minimum Gasteiger partial charge on any atom is -0.459 e. The largest absolute Gasteiger partial charge is 0.459 e. The SMILES string of the molecule is CCN(CC)S(=O)(=O)c1cccc(-c2nnc(SCC(=O)NNC(=O)c3ccco3)n2N)c1. The summed E-state index contributed by atoms with van der Waals surface area (Å²) in [7, 11) is -3.65. The zero-order chi connectivity index (χ0) is 24.0. The van der Waals surface area contributed by atoms with Gasteiger partial charge in [-0.3, -0.25) is 20.4 Å². The van der Waals surface area contributed by atoms with Crippen LogP contribution in [0.1, 0.15) is 24.4 Å². The van der Waals surface area contributed by atoms with E-state index in [1.54, 1.807) is 32.0 Å². The minimum absolute atomic E-state index is 0.0551. The van der Waals surface area contributed by atoms with Gasteiger partial charge in [0, 0.05) is 18.7 Å². The van der Waals surface area contributed by atoms with Crippen LogP contribution in [0.25, 0.3) is 11.4 Å². The molecule has 12 nitrogen and oxygen atoms in total. The van der Waals surface area contributed by atoms with Crippen molar-refractivity contribution in [2.24, 2.45) is 0 Å². The zero-order valence-electron chi connectivity index (χ0n) is 17.9. The fourth-order valence-electron chi connectivity index (χ4n) is 2.84. The van der Waals surface area contributed by atoms with Crippen molar-refractivity contribution < 1.29 is 22.4 Å². The van der Waals surface area contributed by atoms with Crippen molar-refractivity contribution >= 4 is 33.6 Å². The number of hydrogen-bond donors (Lipinski definition) is 3. The third-order valence-electron chi connectivity index (χ3n) is 4.49. The molecular formula is C19H23N7O5S2. The molecule has 0 saturated carbocycles. The molecule has 0 fully saturated rings. The fourth-order valence-corrected chi connectivity index (χ4v) is 5.00. The van der Waals surface area contributed by atoms with Crippen molar-refractivity contribution in [3.63, 3.8) is 0 Å². The van der Waals surface area contributed by atoms with Crippen LogP contribution in [0.2, 0.25) is 0 Å². The molecule has 0 spiro atoms. The van der Waals surface area contributed by atoms with E-state index in [0.29, 0.717) is 18.7 Å². The highest BCUT2D eigenvalue weighted by Crippen LogP contribution is 2.25. The molecule has 0 aliphatic heterocycles. The van der Waals surface area contributed by atoms with E-state index in [1.807, 2.05) is 0 Å². The predicted molar refractivity (Wildman–Crippen MR) is 121 cm³/mol. The summed E-state index contributed by atoms with van der Waals surface area (Å²) in [5, 5.41) is 8.22. The number of nitrogens with zero attached hydrogens (tertiary/aromatic N) is 4. The van der Waals surface area contributed by atoms with Crippen LogP contribution in [0.3, 0.4) is 0 Å². The number of amides is 2. The highest BCUT2D eigenvalue weighted by Gasteiger charge is 2.23. The number of nitrogens with one attached hydrogen (secondary N) is 2. The highest BCUT2D eigenvalue weighted by atomic mass is 32.2. The lowest BCUT2D eigenvalue weighted by Gasteiger charge is -2.18. The van der Waals surface area contributed by atoms with Gasteiger partial charge in [0.1, 0.15) is 0 Å².